The molecule has 1 aromatic rings. The fourth-order valence-corrected chi connectivity index (χ4v) is 2.37. The van der Waals surface area contributed by atoms with Crippen molar-refractivity contribution in [3.63, 3.8) is 0 Å². The SMILES string of the molecule is CO[C@H]1CCCN(c2ccc(C#N)c(Cl)c2)C1. The van der Waals surface area contributed by atoms with E-state index < -0.39 is 0 Å². The Kier molecular flexibility index (Phi) is 3.88. The van der Waals surface area contributed by atoms with Crippen LogP contribution < -0.4 is 4.90 Å². The second-order valence-corrected chi connectivity index (χ2v) is 4.63. The average Bonchev–Trinajstić information content (AvgIpc) is 2.38. The van der Waals surface area contributed by atoms with Crippen molar-refractivity contribution in [2.75, 3.05) is 25.1 Å². The van der Waals surface area contributed by atoms with Crippen LogP contribution in [0.15, 0.2) is 18.2 Å². The van der Waals surface area contributed by atoms with E-state index in [2.05, 4.69) is 11.0 Å². The zero-order chi connectivity index (χ0) is 12.3. The van der Waals surface area contributed by atoms with Gasteiger partial charge in [-0.15, -0.1) is 0 Å². The summed E-state index contributed by atoms with van der Waals surface area (Å²) in [6, 6.07) is 7.65. The lowest BCUT2D eigenvalue weighted by Gasteiger charge is -2.33. The standard InChI is InChI=1S/C13H15ClN2O/c1-17-12-3-2-6-16(9-12)11-5-4-10(8-15)13(14)7-11/h4-5,7,12H,2-3,6,9H2,1H3/t12-/m0/s1. The number of methoxy groups -OCH3 is 1. The molecule has 17 heavy (non-hydrogen) atoms. The van der Waals surface area contributed by atoms with Crippen molar-refractivity contribution in [1.82, 2.24) is 0 Å². The van der Waals surface area contributed by atoms with Gasteiger partial charge in [-0.3, -0.25) is 0 Å². The van der Waals surface area contributed by atoms with Gasteiger partial charge in [-0.05, 0) is 31.0 Å². The van der Waals surface area contributed by atoms with Gasteiger partial charge in [0.1, 0.15) is 6.07 Å². The molecule has 0 unspecified atom stereocenters. The van der Waals surface area contributed by atoms with Crippen LogP contribution in [-0.4, -0.2) is 26.3 Å². The van der Waals surface area contributed by atoms with Gasteiger partial charge in [0.15, 0.2) is 0 Å². The summed E-state index contributed by atoms with van der Waals surface area (Å²) in [5, 5.41) is 9.35. The molecule has 0 radical (unpaired) electrons. The molecule has 1 aliphatic heterocycles. The molecule has 1 fully saturated rings. The number of ether oxygens (including phenoxy) is 1. The maximum atomic E-state index is 8.83. The van der Waals surface area contributed by atoms with E-state index in [1.165, 1.54) is 0 Å². The van der Waals surface area contributed by atoms with Crippen LogP contribution in [0.25, 0.3) is 0 Å². The Morgan fingerprint density at radius 3 is 3.00 bits per heavy atom. The Bertz CT molecular complexity index is 442. The van der Waals surface area contributed by atoms with Crippen molar-refractivity contribution in [2.24, 2.45) is 0 Å². The molecule has 1 heterocycles. The van der Waals surface area contributed by atoms with E-state index >= 15 is 0 Å². The first-order valence-corrected chi connectivity index (χ1v) is 6.10. The van der Waals surface area contributed by atoms with E-state index in [4.69, 9.17) is 21.6 Å². The molecule has 0 aromatic heterocycles. The average molecular weight is 251 g/mol. The summed E-state index contributed by atoms with van der Waals surface area (Å²) in [5.41, 5.74) is 1.59. The van der Waals surface area contributed by atoms with E-state index in [9.17, 15) is 0 Å². The lowest BCUT2D eigenvalue weighted by Crippen LogP contribution is -2.39. The third-order valence-electron chi connectivity index (χ3n) is 3.15. The largest absolute Gasteiger partial charge is 0.380 e. The molecule has 0 spiro atoms. The maximum Gasteiger partial charge on any atom is 0.101 e. The molecule has 1 saturated heterocycles. The second-order valence-electron chi connectivity index (χ2n) is 4.22. The van der Waals surface area contributed by atoms with Crippen LogP contribution in [-0.2, 0) is 4.74 Å². The number of rotatable bonds is 2. The Balaban J connectivity index is 2.17. The molecule has 90 valence electrons. The van der Waals surface area contributed by atoms with Crippen LogP contribution in [0.2, 0.25) is 5.02 Å². The van der Waals surface area contributed by atoms with Gasteiger partial charge < -0.3 is 9.64 Å². The highest BCUT2D eigenvalue weighted by atomic mass is 35.5. The van der Waals surface area contributed by atoms with Crippen molar-refractivity contribution in [2.45, 2.75) is 18.9 Å². The maximum absolute atomic E-state index is 8.83. The smallest absolute Gasteiger partial charge is 0.101 e. The molecule has 0 saturated carbocycles. The Labute approximate surface area is 107 Å². The van der Waals surface area contributed by atoms with Crippen molar-refractivity contribution < 1.29 is 4.74 Å². The molecule has 1 aromatic carbocycles. The number of hydrogen-bond acceptors (Lipinski definition) is 3. The number of anilines is 1. The van der Waals surface area contributed by atoms with Crippen LogP contribution in [0.1, 0.15) is 18.4 Å². The van der Waals surface area contributed by atoms with Crippen LogP contribution in [0, 0.1) is 11.3 Å². The van der Waals surface area contributed by atoms with E-state index in [1.807, 2.05) is 12.1 Å². The van der Waals surface area contributed by atoms with Gasteiger partial charge in [0.05, 0.1) is 16.7 Å². The molecule has 1 atom stereocenters. The minimum atomic E-state index is 0.290. The zero-order valence-electron chi connectivity index (χ0n) is 9.82. The predicted octanol–water partition coefficient (Wildman–Crippen LogP) is 2.83. The Hall–Kier alpha value is -1.24. The van der Waals surface area contributed by atoms with Crippen molar-refractivity contribution in [3.05, 3.63) is 28.8 Å². The first-order valence-electron chi connectivity index (χ1n) is 5.72. The van der Waals surface area contributed by atoms with Gasteiger partial charge >= 0.3 is 0 Å². The predicted molar refractivity (Wildman–Crippen MR) is 68.4 cm³/mol. The van der Waals surface area contributed by atoms with Crippen molar-refractivity contribution in [1.29, 1.82) is 5.26 Å². The first kappa shape index (κ1) is 12.2. The fourth-order valence-electron chi connectivity index (χ4n) is 2.16. The molecular weight excluding hydrogens is 236 g/mol. The van der Waals surface area contributed by atoms with E-state index in [0.29, 0.717) is 10.6 Å². The molecule has 3 nitrogen and oxygen atoms in total. The second kappa shape index (κ2) is 5.39. The lowest BCUT2D eigenvalue weighted by atomic mass is 10.1. The minimum absolute atomic E-state index is 0.290. The lowest BCUT2D eigenvalue weighted by molar-refractivity contribution is 0.0893. The number of nitriles is 1. The summed E-state index contributed by atoms with van der Waals surface area (Å²) < 4.78 is 5.39. The normalized spacial score (nSPS) is 20.1. The van der Waals surface area contributed by atoms with Crippen LogP contribution in [0.4, 0.5) is 5.69 Å². The van der Waals surface area contributed by atoms with Crippen molar-refractivity contribution in [3.8, 4) is 6.07 Å². The molecule has 4 heteroatoms. The van der Waals surface area contributed by atoms with Gasteiger partial charge in [-0.1, -0.05) is 11.6 Å². The first-order chi connectivity index (χ1) is 8.24. The monoisotopic (exact) mass is 250 g/mol. The third-order valence-corrected chi connectivity index (χ3v) is 3.46. The zero-order valence-corrected chi connectivity index (χ0v) is 10.6. The van der Waals surface area contributed by atoms with Crippen molar-refractivity contribution >= 4 is 17.3 Å². The summed E-state index contributed by atoms with van der Waals surface area (Å²) in [6.45, 7) is 1.90. The number of halogens is 1. The van der Waals surface area contributed by atoms with E-state index in [1.54, 1.807) is 13.2 Å². The van der Waals surface area contributed by atoms with Gasteiger partial charge in [0.2, 0.25) is 0 Å². The summed E-state index contributed by atoms with van der Waals surface area (Å²) in [5.74, 6) is 0. The quantitative estimate of drug-likeness (QED) is 0.810. The van der Waals surface area contributed by atoms with Crippen LogP contribution in [0.3, 0.4) is 0 Å². The fraction of sp³-hybridized carbons (Fsp3) is 0.462. The summed E-state index contributed by atoms with van der Waals surface area (Å²) in [4.78, 5) is 2.25. The van der Waals surface area contributed by atoms with Gasteiger partial charge in [0.25, 0.3) is 0 Å². The van der Waals surface area contributed by atoms with E-state index in [-0.39, 0.29) is 6.10 Å². The number of hydrogen-bond donors (Lipinski definition) is 0. The highest BCUT2D eigenvalue weighted by Crippen LogP contribution is 2.26. The van der Waals surface area contributed by atoms with Gasteiger partial charge in [0, 0.05) is 25.9 Å². The molecule has 0 N–H and O–H groups in total. The molecular formula is C13H15ClN2O. The highest BCUT2D eigenvalue weighted by Gasteiger charge is 2.20. The molecule has 0 amide bonds. The number of piperidine rings is 1. The molecule has 2 rings (SSSR count). The third kappa shape index (κ3) is 2.71. The Morgan fingerprint density at radius 1 is 1.53 bits per heavy atom. The van der Waals surface area contributed by atoms with E-state index in [0.717, 1.165) is 31.6 Å². The topological polar surface area (TPSA) is 36.3 Å². The van der Waals surface area contributed by atoms with Gasteiger partial charge in [-0.2, -0.15) is 5.26 Å². The number of benzene rings is 1. The summed E-state index contributed by atoms with van der Waals surface area (Å²) in [7, 11) is 1.75. The Morgan fingerprint density at radius 2 is 2.35 bits per heavy atom. The van der Waals surface area contributed by atoms with Crippen LogP contribution in [0.5, 0.6) is 0 Å². The summed E-state index contributed by atoms with van der Waals surface area (Å²) in [6.07, 6.45) is 2.52. The van der Waals surface area contributed by atoms with Crippen LogP contribution >= 0.6 is 11.6 Å². The molecule has 1 aliphatic rings. The number of nitrogens with zero attached hydrogens (tertiary/aromatic N) is 2. The molecule has 0 bridgehead atoms. The summed E-state index contributed by atoms with van der Waals surface area (Å²) >= 11 is 6.04. The minimum Gasteiger partial charge on any atom is -0.380 e. The highest BCUT2D eigenvalue weighted by molar-refractivity contribution is 6.32. The van der Waals surface area contributed by atoms with Gasteiger partial charge in [-0.25, -0.2) is 0 Å². The molecule has 0 aliphatic carbocycles.